The van der Waals surface area contributed by atoms with Crippen molar-refractivity contribution in [1.82, 2.24) is 5.32 Å². The van der Waals surface area contributed by atoms with Gasteiger partial charge < -0.3 is 15.8 Å². The number of rotatable bonds is 6. The van der Waals surface area contributed by atoms with Crippen LogP contribution in [-0.2, 0) is 11.3 Å². The van der Waals surface area contributed by atoms with Crippen molar-refractivity contribution in [2.45, 2.75) is 32.2 Å². The van der Waals surface area contributed by atoms with E-state index in [0.29, 0.717) is 19.5 Å². The van der Waals surface area contributed by atoms with Crippen molar-refractivity contribution in [1.29, 1.82) is 0 Å². The molecule has 0 atom stereocenters. The molecule has 19 heavy (non-hydrogen) atoms. The van der Waals surface area contributed by atoms with Crippen LogP contribution < -0.4 is 15.8 Å². The number of nitrogens with one attached hydrogen (secondary N) is 1. The number of amides is 1. The van der Waals surface area contributed by atoms with Gasteiger partial charge in [-0.1, -0.05) is 18.6 Å². The van der Waals surface area contributed by atoms with Crippen LogP contribution in [0, 0.1) is 5.41 Å². The summed E-state index contributed by atoms with van der Waals surface area (Å²) in [6, 6.07) is 7.71. The number of hydrogen-bond acceptors (Lipinski definition) is 3. The first-order chi connectivity index (χ1) is 9.17. The van der Waals surface area contributed by atoms with Gasteiger partial charge in [0.05, 0.1) is 7.11 Å². The molecule has 0 heterocycles. The van der Waals surface area contributed by atoms with Gasteiger partial charge in [0.2, 0.25) is 5.91 Å². The molecule has 0 aliphatic heterocycles. The predicted octanol–water partition coefficient (Wildman–Crippen LogP) is 1.83. The van der Waals surface area contributed by atoms with E-state index >= 15 is 0 Å². The maximum absolute atomic E-state index is 11.9. The summed E-state index contributed by atoms with van der Waals surface area (Å²) in [6.07, 6.45) is 3.92. The molecule has 4 nitrogen and oxygen atoms in total. The molecule has 1 aromatic carbocycles. The summed E-state index contributed by atoms with van der Waals surface area (Å²) in [5.74, 6) is 0.924. The zero-order chi connectivity index (χ0) is 13.7. The van der Waals surface area contributed by atoms with Crippen molar-refractivity contribution in [3.8, 4) is 5.75 Å². The largest absolute Gasteiger partial charge is 0.497 e. The molecule has 3 N–H and O–H groups in total. The quantitative estimate of drug-likeness (QED) is 0.822. The Bertz CT molecular complexity index is 419. The van der Waals surface area contributed by atoms with Gasteiger partial charge in [-0.25, -0.2) is 0 Å². The van der Waals surface area contributed by atoms with Gasteiger partial charge in [-0.05, 0) is 42.5 Å². The maximum Gasteiger partial charge on any atom is 0.220 e. The van der Waals surface area contributed by atoms with Gasteiger partial charge in [0, 0.05) is 13.0 Å². The third-order valence-electron chi connectivity index (χ3n) is 4.03. The van der Waals surface area contributed by atoms with E-state index in [0.717, 1.165) is 24.2 Å². The minimum absolute atomic E-state index is 0.0734. The molecular formula is C15H22N2O2. The molecule has 0 saturated heterocycles. The summed E-state index contributed by atoms with van der Waals surface area (Å²) in [4.78, 5) is 11.9. The van der Waals surface area contributed by atoms with Crippen LogP contribution in [0.4, 0.5) is 0 Å². The van der Waals surface area contributed by atoms with Crippen LogP contribution in [0.1, 0.15) is 31.2 Å². The molecular weight excluding hydrogens is 240 g/mol. The Balaban J connectivity index is 1.79. The highest BCUT2D eigenvalue weighted by molar-refractivity contribution is 5.76. The number of ether oxygens (including phenoxy) is 1. The highest BCUT2D eigenvalue weighted by atomic mass is 16.5. The minimum Gasteiger partial charge on any atom is -0.497 e. The monoisotopic (exact) mass is 262 g/mol. The van der Waals surface area contributed by atoms with E-state index in [2.05, 4.69) is 5.32 Å². The van der Waals surface area contributed by atoms with Gasteiger partial charge in [0.15, 0.2) is 0 Å². The van der Waals surface area contributed by atoms with Gasteiger partial charge in [-0.3, -0.25) is 4.79 Å². The van der Waals surface area contributed by atoms with Crippen molar-refractivity contribution in [3.63, 3.8) is 0 Å². The first kappa shape index (κ1) is 13.9. The Kier molecular flexibility index (Phi) is 4.43. The summed E-state index contributed by atoms with van der Waals surface area (Å²) < 4.78 is 5.10. The van der Waals surface area contributed by atoms with Crippen molar-refractivity contribution in [2.75, 3.05) is 13.7 Å². The highest BCUT2D eigenvalue weighted by Gasteiger charge is 2.37. The summed E-state index contributed by atoms with van der Waals surface area (Å²) in [5.41, 5.74) is 6.91. The Morgan fingerprint density at radius 1 is 1.37 bits per heavy atom. The molecule has 4 heteroatoms. The van der Waals surface area contributed by atoms with Gasteiger partial charge in [0.25, 0.3) is 0 Å². The van der Waals surface area contributed by atoms with Crippen LogP contribution in [0.2, 0.25) is 0 Å². The van der Waals surface area contributed by atoms with Crippen LogP contribution in [-0.4, -0.2) is 19.6 Å². The van der Waals surface area contributed by atoms with Crippen LogP contribution >= 0.6 is 0 Å². The predicted molar refractivity (Wildman–Crippen MR) is 74.8 cm³/mol. The number of carbonyl (C=O) groups is 1. The van der Waals surface area contributed by atoms with E-state index < -0.39 is 0 Å². The van der Waals surface area contributed by atoms with E-state index in [1.807, 2.05) is 24.3 Å². The smallest absolute Gasteiger partial charge is 0.220 e. The molecule has 0 radical (unpaired) electrons. The van der Waals surface area contributed by atoms with E-state index in [1.54, 1.807) is 7.11 Å². The summed E-state index contributed by atoms with van der Waals surface area (Å²) >= 11 is 0. The van der Waals surface area contributed by atoms with E-state index in [1.165, 1.54) is 6.42 Å². The van der Waals surface area contributed by atoms with E-state index in [9.17, 15) is 4.79 Å². The Hall–Kier alpha value is -1.55. The third-order valence-corrected chi connectivity index (χ3v) is 4.03. The minimum atomic E-state index is 0.0734. The zero-order valence-electron chi connectivity index (χ0n) is 11.4. The van der Waals surface area contributed by atoms with Crippen LogP contribution in [0.15, 0.2) is 24.3 Å². The summed E-state index contributed by atoms with van der Waals surface area (Å²) in [6.45, 7) is 1.17. The molecule has 2 rings (SSSR count). The lowest BCUT2D eigenvalue weighted by Gasteiger charge is -2.40. The normalized spacial score (nSPS) is 16.5. The molecule has 1 amide bonds. The fourth-order valence-electron chi connectivity index (χ4n) is 2.48. The fourth-order valence-corrected chi connectivity index (χ4v) is 2.48. The average molecular weight is 262 g/mol. The Labute approximate surface area is 114 Å². The Morgan fingerprint density at radius 2 is 2.05 bits per heavy atom. The van der Waals surface area contributed by atoms with Gasteiger partial charge in [-0.2, -0.15) is 0 Å². The molecule has 1 aliphatic rings. The second-order valence-corrected chi connectivity index (χ2v) is 5.36. The number of nitrogens with two attached hydrogens (primary N) is 1. The second-order valence-electron chi connectivity index (χ2n) is 5.36. The first-order valence-corrected chi connectivity index (χ1v) is 6.77. The molecule has 0 bridgehead atoms. The van der Waals surface area contributed by atoms with Crippen LogP contribution in [0.3, 0.4) is 0 Å². The van der Waals surface area contributed by atoms with Gasteiger partial charge in [-0.15, -0.1) is 0 Å². The lowest BCUT2D eigenvalue weighted by atomic mass is 9.66. The number of methoxy groups -OCH3 is 1. The van der Waals surface area contributed by atoms with Crippen molar-refractivity contribution < 1.29 is 9.53 Å². The molecule has 0 aromatic heterocycles. The summed E-state index contributed by atoms with van der Waals surface area (Å²) in [5, 5.41) is 2.96. The Morgan fingerprint density at radius 3 is 2.53 bits per heavy atom. The lowest BCUT2D eigenvalue weighted by molar-refractivity contribution is -0.124. The zero-order valence-corrected chi connectivity index (χ0v) is 11.4. The van der Waals surface area contributed by atoms with Crippen molar-refractivity contribution in [3.05, 3.63) is 29.8 Å². The van der Waals surface area contributed by atoms with Gasteiger partial charge in [0.1, 0.15) is 5.75 Å². The third kappa shape index (κ3) is 3.47. The average Bonchev–Trinajstić information content (AvgIpc) is 2.41. The maximum atomic E-state index is 11.9. The van der Waals surface area contributed by atoms with Crippen LogP contribution in [0.5, 0.6) is 5.75 Å². The standard InChI is InChI=1S/C15H22N2O2/c1-19-13-5-3-12(4-6-13)10-17-14(18)9-15(11-16)7-2-8-15/h3-6H,2,7-11,16H2,1H3,(H,17,18). The molecule has 1 aromatic rings. The molecule has 0 spiro atoms. The molecule has 104 valence electrons. The van der Waals surface area contributed by atoms with Crippen molar-refractivity contribution in [2.24, 2.45) is 11.1 Å². The number of benzene rings is 1. The second kappa shape index (κ2) is 6.06. The molecule has 1 saturated carbocycles. The summed E-state index contributed by atoms with van der Waals surface area (Å²) in [7, 11) is 1.64. The fraction of sp³-hybridized carbons (Fsp3) is 0.533. The SMILES string of the molecule is COc1ccc(CNC(=O)CC2(CN)CCC2)cc1. The van der Waals surface area contributed by atoms with Gasteiger partial charge >= 0.3 is 0 Å². The molecule has 1 fully saturated rings. The topological polar surface area (TPSA) is 64.3 Å². The van der Waals surface area contributed by atoms with E-state index in [4.69, 9.17) is 10.5 Å². The number of carbonyl (C=O) groups excluding carboxylic acids is 1. The lowest BCUT2D eigenvalue weighted by Crippen LogP contribution is -2.41. The van der Waals surface area contributed by atoms with E-state index in [-0.39, 0.29) is 11.3 Å². The van der Waals surface area contributed by atoms with Crippen molar-refractivity contribution >= 4 is 5.91 Å². The first-order valence-electron chi connectivity index (χ1n) is 6.77. The molecule has 1 aliphatic carbocycles. The highest BCUT2D eigenvalue weighted by Crippen LogP contribution is 2.42. The van der Waals surface area contributed by atoms with Crippen LogP contribution in [0.25, 0.3) is 0 Å². The number of hydrogen-bond donors (Lipinski definition) is 2. The molecule has 0 unspecified atom stereocenters.